The number of aromatic nitrogens is 2. The van der Waals surface area contributed by atoms with Gasteiger partial charge in [-0.1, -0.05) is 35.9 Å². The summed E-state index contributed by atoms with van der Waals surface area (Å²) in [6, 6.07) is 17.0. The molecule has 3 rings (SSSR count). The number of carbonyl (C=O) groups is 1. The summed E-state index contributed by atoms with van der Waals surface area (Å²) in [6.07, 6.45) is 3.35. The second kappa shape index (κ2) is 8.26. The van der Waals surface area contributed by atoms with Crippen LogP contribution in [0.15, 0.2) is 65.9 Å². The van der Waals surface area contributed by atoms with Gasteiger partial charge in [-0.15, -0.1) is 0 Å². The second-order valence-electron chi connectivity index (χ2n) is 5.28. The SMILES string of the molecule is O=C(NN=Cc1ccc(I)cc1)c1ccn(Cc2ccc(Cl)cc2)n1. The topological polar surface area (TPSA) is 59.3 Å². The number of nitrogens with one attached hydrogen (secondary N) is 1. The minimum atomic E-state index is -0.350. The van der Waals surface area contributed by atoms with Crippen molar-refractivity contribution >= 4 is 46.3 Å². The first-order valence-corrected chi connectivity index (χ1v) is 8.93. The smallest absolute Gasteiger partial charge is 0.268 e. The van der Waals surface area contributed by atoms with E-state index in [9.17, 15) is 4.79 Å². The Balaban J connectivity index is 1.58. The second-order valence-corrected chi connectivity index (χ2v) is 6.96. The predicted molar refractivity (Wildman–Crippen MR) is 107 cm³/mol. The van der Waals surface area contributed by atoms with Crippen molar-refractivity contribution in [3.8, 4) is 0 Å². The molecule has 0 aliphatic carbocycles. The Bertz CT molecular complexity index is 888. The van der Waals surface area contributed by atoms with Gasteiger partial charge < -0.3 is 0 Å². The van der Waals surface area contributed by atoms with Crippen LogP contribution in [0.1, 0.15) is 21.6 Å². The molecule has 1 amide bonds. The molecular weight excluding hydrogens is 451 g/mol. The molecule has 7 heteroatoms. The summed E-state index contributed by atoms with van der Waals surface area (Å²) in [5.41, 5.74) is 4.76. The maximum absolute atomic E-state index is 12.1. The first-order valence-electron chi connectivity index (χ1n) is 7.47. The highest BCUT2D eigenvalue weighted by Gasteiger charge is 2.08. The van der Waals surface area contributed by atoms with Gasteiger partial charge in [-0.05, 0) is 64.0 Å². The molecule has 25 heavy (non-hydrogen) atoms. The zero-order valence-corrected chi connectivity index (χ0v) is 16.0. The lowest BCUT2D eigenvalue weighted by Crippen LogP contribution is -2.18. The molecule has 5 nitrogen and oxygen atoms in total. The molecular formula is C18H14ClIN4O. The van der Waals surface area contributed by atoms with Gasteiger partial charge >= 0.3 is 0 Å². The van der Waals surface area contributed by atoms with E-state index in [2.05, 4.69) is 38.2 Å². The van der Waals surface area contributed by atoms with Crippen molar-refractivity contribution in [1.82, 2.24) is 15.2 Å². The molecule has 1 N–H and O–H groups in total. The third-order valence-corrected chi connectivity index (χ3v) is 4.35. The van der Waals surface area contributed by atoms with E-state index in [1.165, 1.54) is 0 Å². The van der Waals surface area contributed by atoms with E-state index in [-0.39, 0.29) is 5.91 Å². The van der Waals surface area contributed by atoms with Crippen molar-refractivity contribution in [1.29, 1.82) is 0 Å². The molecule has 126 valence electrons. The Labute approximate surface area is 163 Å². The van der Waals surface area contributed by atoms with Gasteiger partial charge in [0.1, 0.15) is 0 Å². The number of rotatable bonds is 5. The number of hydrogen-bond acceptors (Lipinski definition) is 3. The molecule has 0 radical (unpaired) electrons. The average Bonchev–Trinajstić information content (AvgIpc) is 3.07. The molecule has 0 bridgehead atoms. The lowest BCUT2D eigenvalue weighted by Gasteiger charge is -2.02. The van der Waals surface area contributed by atoms with Crippen LogP contribution in [0.2, 0.25) is 5.02 Å². The van der Waals surface area contributed by atoms with Crippen molar-refractivity contribution in [2.45, 2.75) is 6.54 Å². The van der Waals surface area contributed by atoms with E-state index in [1.807, 2.05) is 48.5 Å². The fourth-order valence-electron chi connectivity index (χ4n) is 2.12. The Morgan fingerprint density at radius 3 is 2.60 bits per heavy atom. The van der Waals surface area contributed by atoms with Gasteiger partial charge in [0.15, 0.2) is 5.69 Å². The van der Waals surface area contributed by atoms with Crippen molar-refractivity contribution in [2.75, 3.05) is 0 Å². The summed E-state index contributed by atoms with van der Waals surface area (Å²) in [7, 11) is 0. The maximum atomic E-state index is 12.1. The van der Waals surface area contributed by atoms with Gasteiger partial charge in [-0.2, -0.15) is 10.2 Å². The lowest BCUT2D eigenvalue weighted by atomic mass is 10.2. The predicted octanol–water partition coefficient (Wildman–Crippen LogP) is 3.95. The maximum Gasteiger partial charge on any atom is 0.291 e. The Kier molecular flexibility index (Phi) is 5.83. The van der Waals surface area contributed by atoms with Crippen molar-refractivity contribution in [3.05, 3.63) is 86.2 Å². The first kappa shape index (κ1) is 17.6. The molecule has 0 saturated carbocycles. The zero-order valence-electron chi connectivity index (χ0n) is 13.1. The van der Waals surface area contributed by atoms with Gasteiger partial charge in [0.25, 0.3) is 5.91 Å². The monoisotopic (exact) mass is 464 g/mol. The van der Waals surface area contributed by atoms with Crippen LogP contribution < -0.4 is 5.43 Å². The van der Waals surface area contributed by atoms with E-state index in [0.29, 0.717) is 17.3 Å². The van der Waals surface area contributed by atoms with E-state index in [0.717, 1.165) is 14.7 Å². The summed E-state index contributed by atoms with van der Waals surface area (Å²) in [5, 5.41) is 8.91. The van der Waals surface area contributed by atoms with Crippen LogP contribution in [-0.4, -0.2) is 21.9 Å². The van der Waals surface area contributed by atoms with E-state index >= 15 is 0 Å². The van der Waals surface area contributed by atoms with Crippen LogP contribution in [0.3, 0.4) is 0 Å². The van der Waals surface area contributed by atoms with Crippen LogP contribution in [0.25, 0.3) is 0 Å². The van der Waals surface area contributed by atoms with Crippen LogP contribution in [-0.2, 0) is 6.54 Å². The number of carbonyl (C=O) groups excluding carboxylic acids is 1. The van der Waals surface area contributed by atoms with Gasteiger partial charge in [-0.3, -0.25) is 9.48 Å². The summed E-state index contributed by atoms with van der Waals surface area (Å²) in [6.45, 7) is 0.566. The molecule has 0 spiro atoms. The fraction of sp³-hybridized carbons (Fsp3) is 0.0556. The fourth-order valence-corrected chi connectivity index (χ4v) is 2.60. The standard InChI is InChI=1S/C18H14ClIN4O/c19-15-5-1-14(2-6-15)12-24-10-9-17(23-24)18(25)22-21-11-13-3-7-16(20)8-4-13/h1-11H,12H2,(H,22,25). The summed E-state index contributed by atoms with van der Waals surface area (Å²) < 4.78 is 2.84. The number of amides is 1. The Morgan fingerprint density at radius 1 is 1.16 bits per heavy atom. The molecule has 0 aliphatic heterocycles. The molecule has 0 unspecified atom stereocenters. The number of hydrazone groups is 1. The number of halogens is 2. The number of nitrogens with zero attached hydrogens (tertiary/aromatic N) is 3. The Hall–Kier alpha value is -2.19. The van der Waals surface area contributed by atoms with Gasteiger partial charge in [0.05, 0.1) is 12.8 Å². The molecule has 1 aromatic heterocycles. The van der Waals surface area contributed by atoms with E-state index in [4.69, 9.17) is 11.6 Å². The number of hydrogen-bond donors (Lipinski definition) is 1. The average molecular weight is 465 g/mol. The summed E-state index contributed by atoms with van der Waals surface area (Å²) >= 11 is 8.10. The minimum Gasteiger partial charge on any atom is -0.268 e. The van der Waals surface area contributed by atoms with Crippen LogP contribution in [0, 0.1) is 3.57 Å². The van der Waals surface area contributed by atoms with Crippen molar-refractivity contribution < 1.29 is 4.79 Å². The quantitative estimate of drug-likeness (QED) is 0.353. The molecule has 2 aromatic carbocycles. The summed E-state index contributed by atoms with van der Waals surface area (Å²) in [4.78, 5) is 12.1. The normalized spacial score (nSPS) is 11.0. The molecule has 0 fully saturated rings. The Morgan fingerprint density at radius 2 is 1.88 bits per heavy atom. The lowest BCUT2D eigenvalue weighted by molar-refractivity contribution is 0.0949. The van der Waals surface area contributed by atoms with Gasteiger partial charge in [0.2, 0.25) is 0 Å². The van der Waals surface area contributed by atoms with E-state index < -0.39 is 0 Å². The third kappa shape index (κ3) is 5.14. The van der Waals surface area contributed by atoms with Gasteiger partial charge in [-0.25, -0.2) is 5.43 Å². The first-order chi connectivity index (χ1) is 12.1. The van der Waals surface area contributed by atoms with Crippen molar-refractivity contribution in [3.63, 3.8) is 0 Å². The van der Waals surface area contributed by atoms with E-state index in [1.54, 1.807) is 23.2 Å². The highest BCUT2D eigenvalue weighted by molar-refractivity contribution is 14.1. The number of benzene rings is 2. The van der Waals surface area contributed by atoms with Crippen LogP contribution in [0.5, 0.6) is 0 Å². The molecule has 0 aliphatic rings. The third-order valence-electron chi connectivity index (χ3n) is 3.38. The summed E-state index contributed by atoms with van der Waals surface area (Å²) in [5.74, 6) is -0.350. The highest BCUT2D eigenvalue weighted by atomic mass is 127. The molecule has 0 atom stereocenters. The molecule has 3 aromatic rings. The highest BCUT2D eigenvalue weighted by Crippen LogP contribution is 2.10. The van der Waals surface area contributed by atoms with Crippen molar-refractivity contribution in [2.24, 2.45) is 5.10 Å². The molecule has 1 heterocycles. The molecule has 0 saturated heterocycles. The van der Waals surface area contributed by atoms with Crippen LogP contribution in [0.4, 0.5) is 0 Å². The van der Waals surface area contributed by atoms with Gasteiger partial charge in [0, 0.05) is 14.8 Å². The zero-order chi connectivity index (χ0) is 17.6. The van der Waals surface area contributed by atoms with Crippen LogP contribution >= 0.6 is 34.2 Å². The largest absolute Gasteiger partial charge is 0.291 e. The minimum absolute atomic E-state index is 0.314.